The van der Waals surface area contributed by atoms with Crippen molar-refractivity contribution >= 4 is 11.0 Å². The molecule has 0 saturated heterocycles. The van der Waals surface area contributed by atoms with Gasteiger partial charge in [-0.25, -0.2) is 4.98 Å². The van der Waals surface area contributed by atoms with Crippen LogP contribution < -0.4 is 5.73 Å². The van der Waals surface area contributed by atoms with Crippen LogP contribution in [0.1, 0.15) is 18.4 Å². The second kappa shape index (κ2) is 4.65. The Balaban J connectivity index is 1.83. The summed E-state index contributed by atoms with van der Waals surface area (Å²) in [7, 11) is 0. The molecule has 0 amide bonds. The van der Waals surface area contributed by atoms with Gasteiger partial charge in [0.1, 0.15) is 0 Å². The molecule has 0 aliphatic heterocycles. The van der Waals surface area contributed by atoms with Gasteiger partial charge in [-0.15, -0.1) is 0 Å². The number of H-pyrrole nitrogens is 1. The van der Waals surface area contributed by atoms with Crippen LogP contribution in [0.25, 0.3) is 22.2 Å². The highest BCUT2D eigenvalue weighted by molar-refractivity contribution is 5.92. The highest BCUT2D eigenvalue weighted by Gasteiger charge is 2.44. The first-order valence-electron chi connectivity index (χ1n) is 7.28. The van der Waals surface area contributed by atoms with Crippen LogP contribution in [-0.4, -0.2) is 21.2 Å². The summed E-state index contributed by atoms with van der Waals surface area (Å²) < 4.78 is 0. The van der Waals surface area contributed by atoms with E-state index < -0.39 is 5.41 Å². The van der Waals surface area contributed by atoms with E-state index in [2.05, 4.69) is 33.4 Å². The summed E-state index contributed by atoms with van der Waals surface area (Å²) in [6.07, 6.45) is 5.00. The van der Waals surface area contributed by atoms with Gasteiger partial charge in [0.15, 0.2) is 5.65 Å². The lowest BCUT2D eigenvalue weighted by Gasteiger charge is -2.41. The summed E-state index contributed by atoms with van der Waals surface area (Å²) in [6, 6.07) is 12.7. The molecule has 1 aromatic carbocycles. The number of aromatic amines is 1. The Kier molecular flexibility index (Phi) is 2.75. The second-order valence-corrected chi connectivity index (χ2v) is 5.93. The van der Waals surface area contributed by atoms with Gasteiger partial charge in [-0.1, -0.05) is 18.2 Å². The third-order valence-electron chi connectivity index (χ3n) is 4.52. The molecule has 0 bridgehead atoms. The van der Waals surface area contributed by atoms with Crippen LogP contribution in [0.5, 0.6) is 0 Å². The van der Waals surface area contributed by atoms with Crippen molar-refractivity contribution in [3.05, 3.63) is 48.3 Å². The van der Waals surface area contributed by atoms with E-state index >= 15 is 0 Å². The molecule has 1 fully saturated rings. The van der Waals surface area contributed by atoms with Gasteiger partial charge in [-0.2, -0.15) is 10.4 Å². The highest BCUT2D eigenvalue weighted by atomic mass is 15.1. The number of pyridine rings is 1. The Morgan fingerprint density at radius 3 is 2.95 bits per heavy atom. The predicted octanol–water partition coefficient (Wildman–Crippen LogP) is 2.51. The van der Waals surface area contributed by atoms with Crippen LogP contribution in [0.4, 0.5) is 0 Å². The van der Waals surface area contributed by atoms with Crippen LogP contribution in [0.15, 0.2) is 42.7 Å². The van der Waals surface area contributed by atoms with Crippen LogP contribution in [0, 0.1) is 11.3 Å². The molecule has 22 heavy (non-hydrogen) atoms. The van der Waals surface area contributed by atoms with E-state index in [1.165, 1.54) is 0 Å². The molecule has 0 atom stereocenters. The molecule has 1 aliphatic carbocycles. The number of nitriles is 1. The number of aromatic nitrogens is 3. The van der Waals surface area contributed by atoms with Gasteiger partial charge in [0, 0.05) is 17.6 Å². The summed E-state index contributed by atoms with van der Waals surface area (Å²) >= 11 is 0. The number of rotatable bonds is 2. The van der Waals surface area contributed by atoms with E-state index in [-0.39, 0.29) is 6.04 Å². The molecule has 0 radical (unpaired) electrons. The van der Waals surface area contributed by atoms with Crippen LogP contribution >= 0.6 is 0 Å². The molecule has 0 spiro atoms. The number of fused-ring (bicyclic) bond motifs is 1. The number of nitrogens with zero attached hydrogens (tertiary/aromatic N) is 3. The average molecular weight is 289 g/mol. The van der Waals surface area contributed by atoms with Crippen molar-refractivity contribution < 1.29 is 0 Å². The smallest absolute Gasteiger partial charge is 0.155 e. The minimum atomic E-state index is -0.433. The number of hydrogen-bond acceptors (Lipinski definition) is 4. The minimum absolute atomic E-state index is 0.129. The van der Waals surface area contributed by atoms with Gasteiger partial charge in [0.2, 0.25) is 0 Å². The topological polar surface area (TPSA) is 91.4 Å². The van der Waals surface area contributed by atoms with Crippen molar-refractivity contribution in [1.29, 1.82) is 5.26 Å². The average Bonchev–Trinajstić information content (AvgIpc) is 3.00. The van der Waals surface area contributed by atoms with E-state index in [0.29, 0.717) is 0 Å². The Labute approximate surface area is 127 Å². The first-order valence-corrected chi connectivity index (χ1v) is 7.28. The predicted molar refractivity (Wildman–Crippen MR) is 83.8 cm³/mol. The zero-order valence-electron chi connectivity index (χ0n) is 12.0. The molecular formula is C17H15N5. The van der Waals surface area contributed by atoms with Crippen LogP contribution in [0.2, 0.25) is 0 Å². The minimum Gasteiger partial charge on any atom is -0.328 e. The summed E-state index contributed by atoms with van der Waals surface area (Å²) in [4.78, 5) is 4.27. The van der Waals surface area contributed by atoms with E-state index in [1.54, 1.807) is 12.4 Å². The Hall–Kier alpha value is -2.71. The molecule has 5 heteroatoms. The molecule has 3 N–H and O–H groups in total. The maximum absolute atomic E-state index is 9.58. The quantitative estimate of drug-likeness (QED) is 0.758. The zero-order chi connectivity index (χ0) is 15.2. The van der Waals surface area contributed by atoms with E-state index in [9.17, 15) is 5.26 Å². The third-order valence-corrected chi connectivity index (χ3v) is 4.52. The fraction of sp³-hybridized carbons (Fsp3) is 0.235. The maximum Gasteiger partial charge on any atom is 0.155 e. The van der Waals surface area contributed by atoms with Crippen molar-refractivity contribution in [2.24, 2.45) is 5.73 Å². The summed E-state index contributed by atoms with van der Waals surface area (Å²) in [5.41, 5.74) is 9.42. The second-order valence-electron chi connectivity index (χ2n) is 5.93. The molecular weight excluding hydrogens is 274 g/mol. The molecule has 2 heterocycles. The highest BCUT2D eigenvalue weighted by Crippen LogP contribution is 2.43. The maximum atomic E-state index is 9.58. The first-order chi connectivity index (χ1) is 10.7. The summed E-state index contributed by atoms with van der Waals surface area (Å²) in [5, 5.41) is 17.5. The normalized spacial score (nSPS) is 23.9. The fourth-order valence-electron chi connectivity index (χ4n) is 3.31. The van der Waals surface area contributed by atoms with Crippen molar-refractivity contribution in [3.8, 4) is 17.2 Å². The lowest BCUT2D eigenvalue weighted by Crippen LogP contribution is -2.48. The van der Waals surface area contributed by atoms with Crippen molar-refractivity contribution in [2.45, 2.75) is 24.3 Å². The molecule has 2 aromatic heterocycles. The molecule has 1 aliphatic rings. The standard InChI is InChI=1S/C17H15N5/c18-10-17(7-13(19)8-17)12-3-1-2-11(6-12)14-4-5-20-16-15(14)9-21-22-16/h1-6,9,13H,7-8,19H2,(H,20,21,22). The van der Waals surface area contributed by atoms with Gasteiger partial charge < -0.3 is 5.73 Å². The molecule has 0 unspecified atom stereocenters. The molecule has 108 valence electrons. The lowest BCUT2D eigenvalue weighted by atomic mass is 9.62. The fourth-order valence-corrected chi connectivity index (χ4v) is 3.31. The van der Waals surface area contributed by atoms with Gasteiger partial charge >= 0.3 is 0 Å². The van der Waals surface area contributed by atoms with Gasteiger partial charge in [-0.05, 0) is 41.7 Å². The summed E-state index contributed by atoms with van der Waals surface area (Å²) in [5.74, 6) is 0. The van der Waals surface area contributed by atoms with Crippen molar-refractivity contribution in [3.63, 3.8) is 0 Å². The van der Waals surface area contributed by atoms with E-state index in [0.717, 1.165) is 40.6 Å². The number of nitrogens with one attached hydrogen (secondary N) is 1. The van der Waals surface area contributed by atoms with E-state index in [1.807, 2.05) is 18.2 Å². The third kappa shape index (κ3) is 1.81. The van der Waals surface area contributed by atoms with Crippen molar-refractivity contribution in [1.82, 2.24) is 15.2 Å². The van der Waals surface area contributed by atoms with Crippen molar-refractivity contribution in [2.75, 3.05) is 0 Å². The zero-order valence-corrected chi connectivity index (χ0v) is 12.0. The SMILES string of the molecule is N#CC1(c2cccc(-c3ccnc4[nH]ncc34)c2)CC(N)C1. The molecule has 3 aromatic rings. The summed E-state index contributed by atoms with van der Waals surface area (Å²) in [6.45, 7) is 0. The lowest BCUT2D eigenvalue weighted by molar-refractivity contribution is 0.271. The van der Waals surface area contributed by atoms with Gasteiger partial charge in [0.05, 0.1) is 17.7 Å². The Bertz CT molecular complexity index is 883. The Morgan fingerprint density at radius 2 is 2.18 bits per heavy atom. The first kappa shape index (κ1) is 13.0. The van der Waals surface area contributed by atoms with Gasteiger partial charge in [0.25, 0.3) is 0 Å². The van der Waals surface area contributed by atoms with E-state index in [4.69, 9.17) is 5.73 Å². The molecule has 5 nitrogen and oxygen atoms in total. The Morgan fingerprint density at radius 1 is 1.32 bits per heavy atom. The van der Waals surface area contributed by atoms with Gasteiger partial charge in [-0.3, -0.25) is 5.10 Å². The number of hydrogen-bond donors (Lipinski definition) is 2. The van der Waals surface area contributed by atoms with Crippen LogP contribution in [0.3, 0.4) is 0 Å². The number of nitrogens with two attached hydrogens (primary N) is 1. The van der Waals surface area contributed by atoms with Crippen LogP contribution in [-0.2, 0) is 5.41 Å². The molecule has 1 saturated carbocycles. The number of benzene rings is 1. The largest absolute Gasteiger partial charge is 0.328 e. The monoisotopic (exact) mass is 289 g/mol. The molecule has 4 rings (SSSR count).